The van der Waals surface area contributed by atoms with Crippen LogP contribution in [0.4, 0.5) is 0 Å². The van der Waals surface area contributed by atoms with E-state index in [1.165, 1.54) is 0 Å². The second kappa shape index (κ2) is 12.6. The third kappa shape index (κ3) is 6.38. The number of amides is 2. The van der Waals surface area contributed by atoms with Crippen molar-refractivity contribution in [3.8, 4) is 0 Å². The van der Waals surface area contributed by atoms with E-state index >= 15 is 0 Å². The lowest BCUT2D eigenvalue weighted by atomic mass is 10.00. The van der Waals surface area contributed by atoms with Crippen LogP contribution < -0.4 is 16.0 Å². The topological polar surface area (TPSA) is 165 Å². The van der Waals surface area contributed by atoms with Gasteiger partial charge in [-0.25, -0.2) is 4.99 Å². The Hall–Kier alpha value is -4.73. The Bertz CT molecular complexity index is 1780. The highest BCUT2D eigenvalue weighted by molar-refractivity contribution is 6.30. The number of carboxylic acid groups (broad SMARTS) is 2. The Labute approximate surface area is 249 Å². The summed E-state index contributed by atoms with van der Waals surface area (Å²) in [7, 11) is 0. The molecule has 1 atom stereocenters. The molecule has 1 fully saturated rings. The first-order valence-corrected chi connectivity index (χ1v) is 14.4. The van der Waals surface area contributed by atoms with Gasteiger partial charge in [0.2, 0.25) is 5.91 Å². The van der Waals surface area contributed by atoms with Gasteiger partial charge in [-0.2, -0.15) is 0 Å². The van der Waals surface area contributed by atoms with Gasteiger partial charge in [-0.05, 0) is 106 Å². The third-order valence-corrected chi connectivity index (χ3v) is 8.35. The van der Waals surface area contributed by atoms with E-state index in [0.29, 0.717) is 39.8 Å². The van der Waals surface area contributed by atoms with E-state index in [9.17, 15) is 29.4 Å². The number of aromatic amines is 2. The zero-order valence-corrected chi connectivity index (χ0v) is 25.4. The number of H-pyrrole nitrogens is 2. The lowest BCUT2D eigenvalue weighted by Gasteiger charge is -2.03. The highest BCUT2D eigenvalue weighted by atomic mass is 16.4. The van der Waals surface area contributed by atoms with Crippen LogP contribution >= 0.6 is 0 Å². The molecule has 4 heterocycles. The fraction of sp³-hybridized carbons (Fsp3) is 0.364. The molecular weight excluding hydrogens is 548 g/mol. The van der Waals surface area contributed by atoms with E-state index in [1.807, 2.05) is 65.8 Å². The van der Waals surface area contributed by atoms with Crippen LogP contribution in [0.25, 0.3) is 18.2 Å². The van der Waals surface area contributed by atoms with Crippen LogP contribution in [0.15, 0.2) is 33.5 Å². The number of nitrogens with one attached hydrogen (secondary N) is 3. The Morgan fingerprint density at radius 2 is 1.53 bits per heavy atom. The van der Waals surface area contributed by atoms with Crippen LogP contribution in [-0.4, -0.2) is 49.6 Å². The van der Waals surface area contributed by atoms with Crippen molar-refractivity contribution < 1.29 is 29.4 Å². The summed E-state index contributed by atoms with van der Waals surface area (Å²) in [4.78, 5) is 58.8. The van der Waals surface area contributed by atoms with Crippen LogP contribution in [0, 0.1) is 19.8 Å². The predicted octanol–water partition coefficient (Wildman–Crippen LogP) is 3.36. The van der Waals surface area contributed by atoms with E-state index in [0.717, 1.165) is 39.1 Å². The molecule has 2 aromatic rings. The van der Waals surface area contributed by atoms with E-state index in [2.05, 4.69) is 20.3 Å². The van der Waals surface area contributed by atoms with Crippen molar-refractivity contribution in [3.63, 3.8) is 0 Å². The van der Waals surface area contributed by atoms with Crippen molar-refractivity contribution in [1.29, 1.82) is 0 Å². The Balaban J connectivity index is 1.91. The fourth-order valence-electron chi connectivity index (χ4n) is 5.77. The molecular formula is C33H38N4O6. The molecule has 226 valence electrons. The smallest absolute Gasteiger partial charge is 0.303 e. The van der Waals surface area contributed by atoms with Gasteiger partial charge in [0.1, 0.15) is 0 Å². The number of rotatable bonds is 10. The number of hydrogen-bond acceptors (Lipinski definition) is 4. The molecule has 2 aliphatic rings. The number of aliphatic imine (C=N–C) groups is 1. The van der Waals surface area contributed by atoms with Crippen LogP contribution in [0.1, 0.15) is 80.6 Å². The number of nitrogens with zero attached hydrogens (tertiary/aromatic N) is 1. The summed E-state index contributed by atoms with van der Waals surface area (Å²) in [5.74, 6) is -2.44. The van der Waals surface area contributed by atoms with Gasteiger partial charge >= 0.3 is 11.9 Å². The molecule has 0 spiro atoms. The summed E-state index contributed by atoms with van der Waals surface area (Å²) in [6, 6.07) is 0. The van der Waals surface area contributed by atoms with Gasteiger partial charge in [-0.1, -0.05) is 13.0 Å². The molecule has 1 saturated heterocycles. The lowest BCUT2D eigenvalue weighted by molar-refractivity contribution is -0.138. The maximum atomic E-state index is 12.3. The first-order chi connectivity index (χ1) is 20.4. The summed E-state index contributed by atoms with van der Waals surface area (Å²) >= 11 is 0. The molecule has 0 unspecified atom stereocenters. The molecule has 0 aliphatic carbocycles. The first-order valence-electron chi connectivity index (χ1n) is 14.4. The van der Waals surface area contributed by atoms with Crippen LogP contribution in [-0.2, 0) is 32.0 Å². The molecule has 0 saturated carbocycles. The molecule has 10 heteroatoms. The molecule has 4 rings (SSSR count). The number of carboxylic acids is 2. The van der Waals surface area contributed by atoms with E-state index in [-0.39, 0.29) is 43.4 Å². The molecule has 43 heavy (non-hydrogen) atoms. The molecule has 2 aromatic heterocycles. The van der Waals surface area contributed by atoms with Crippen molar-refractivity contribution in [2.24, 2.45) is 10.9 Å². The standard InChI is InChI=1S/C33H38N4O6/c1-7-20-19(6)32(42)37-27(20)14-25-18(5)23(10-12-31(40)41)29(35-25)15-28-22(9-11-30(38)39)17(4)24(34-28)13-26-16(3)21(8-2)33(43)36-26/h7,13-15,19,34-35H,8-12H2,1-6H3,(H,37,42)(H,38,39)(H,40,41)/b20-7+,24-13+,27-14-,28-15-/t19-/m1/s1. The van der Waals surface area contributed by atoms with E-state index in [4.69, 9.17) is 0 Å². The fourth-order valence-corrected chi connectivity index (χ4v) is 5.77. The van der Waals surface area contributed by atoms with Gasteiger partial charge in [0, 0.05) is 46.2 Å². The van der Waals surface area contributed by atoms with Gasteiger partial charge < -0.3 is 25.5 Å². The molecule has 0 radical (unpaired) electrons. The second-order valence-electron chi connectivity index (χ2n) is 11.0. The van der Waals surface area contributed by atoms with Gasteiger partial charge in [-0.15, -0.1) is 0 Å². The Kier molecular flexibility index (Phi) is 9.18. The van der Waals surface area contributed by atoms with E-state index < -0.39 is 11.9 Å². The first kappa shape index (κ1) is 31.2. The number of hydrogen-bond donors (Lipinski definition) is 5. The molecule has 2 amide bonds. The van der Waals surface area contributed by atoms with Gasteiger partial charge in [0.25, 0.3) is 5.91 Å². The second-order valence-corrected chi connectivity index (χ2v) is 11.0. The molecule has 0 bridgehead atoms. The zero-order valence-electron chi connectivity index (χ0n) is 25.4. The van der Waals surface area contributed by atoms with Gasteiger partial charge in [0.05, 0.1) is 11.6 Å². The zero-order chi connectivity index (χ0) is 31.6. The molecule has 5 N–H and O–H groups in total. The van der Waals surface area contributed by atoms with Gasteiger partial charge in [0.15, 0.2) is 0 Å². The van der Waals surface area contributed by atoms with Crippen molar-refractivity contribution in [2.75, 3.05) is 0 Å². The number of aliphatic carboxylic acids is 2. The minimum atomic E-state index is -0.923. The van der Waals surface area contributed by atoms with Crippen molar-refractivity contribution in [2.45, 2.75) is 73.6 Å². The minimum absolute atomic E-state index is 0.0721. The monoisotopic (exact) mass is 586 g/mol. The van der Waals surface area contributed by atoms with Crippen LogP contribution in [0.2, 0.25) is 0 Å². The molecule has 0 aromatic carbocycles. The van der Waals surface area contributed by atoms with Crippen LogP contribution in [0.5, 0.6) is 0 Å². The van der Waals surface area contributed by atoms with Crippen molar-refractivity contribution in [3.05, 3.63) is 72.8 Å². The largest absolute Gasteiger partial charge is 0.481 e. The van der Waals surface area contributed by atoms with E-state index in [1.54, 1.807) is 0 Å². The Morgan fingerprint density at radius 1 is 0.884 bits per heavy atom. The van der Waals surface area contributed by atoms with Crippen molar-refractivity contribution in [1.82, 2.24) is 15.3 Å². The average Bonchev–Trinajstić information content (AvgIpc) is 3.59. The van der Waals surface area contributed by atoms with Gasteiger partial charge in [-0.3, -0.25) is 19.2 Å². The number of aromatic nitrogens is 2. The SMILES string of the molecule is C/C=C1/C(=C/c2[nH]c(/C=c3\[nH]/c(=C/C4=NC(=O)C(CC)=C4C)c(C)c3CCC(=O)O)c(CCC(=O)O)c2C)NC(=O)[C@@H]1C. The predicted molar refractivity (Wildman–Crippen MR) is 165 cm³/mol. The number of allylic oxidation sites excluding steroid dienone is 3. The maximum absolute atomic E-state index is 12.3. The van der Waals surface area contributed by atoms with Crippen LogP contribution in [0.3, 0.4) is 0 Å². The normalized spacial score (nSPS) is 19.8. The average molecular weight is 587 g/mol. The summed E-state index contributed by atoms with van der Waals surface area (Å²) in [6.07, 6.45) is 8.45. The molecule has 2 aliphatic heterocycles. The maximum Gasteiger partial charge on any atom is 0.303 e. The lowest BCUT2D eigenvalue weighted by Crippen LogP contribution is -2.16. The quantitative estimate of drug-likeness (QED) is 0.286. The summed E-state index contributed by atoms with van der Waals surface area (Å²) in [5.41, 5.74) is 8.40. The molecule has 10 nitrogen and oxygen atoms in total. The summed E-state index contributed by atoms with van der Waals surface area (Å²) < 4.78 is 0. The van der Waals surface area contributed by atoms with Crippen molar-refractivity contribution >= 4 is 47.7 Å². The summed E-state index contributed by atoms with van der Waals surface area (Å²) in [6.45, 7) is 11.3. The number of carbonyl (C=O) groups is 4. The Morgan fingerprint density at radius 3 is 2.12 bits per heavy atom. The minimum Gasteiger partial charge on any atom is -0.481 e. The highest BCUT2D eigenvalue weighted by Crippen LogP contribution is 2.29. The highest BCUT2D eigenvalue weighted by Gasteiger charge is 2.29. The number of carbonyl (C=O) groups excluding carboxylic acids is 2. The third-order valence-electron chi connectivity index (χ3n) is 8.35. The summed E-state index contributed by atoms with van der Waals surface area (Å²) in [5, 5.41) is 23.2.